The highest BCUT2D eigenvalue weighted by Gasteiger charge is 2.16. The lowest BCUT2D eigenvalue weighted by molar-refractivity contribution is 0.587. The molecule has 0 aliphatic heterocycles. The van der Waals surface area contributed by atoms with Gasteiger partial charge >= 0.3 is 0 Å². The summed E-state index contributed by atoms with van der Waals surface area (Å²) in [5.41, 5.74) is 3.66. The molecule has 106 valence electrons. The fraction of sp³-hybridized carbons (Fsp3) is 0.167. The fourth-order valence-corrected chi connectivity index (χ4v) is 2.55. The number of hydrogen-bond donors (Lipinski definition) is 1. The van der Waals surface area contributed by atoms with Crippen LogP contribution in [0.2, 0.25) is 0 Å². The quantitative estimate of drug-likeness (QED) is 0.771. The molecular formula is C18H18N2O. The molecule has 3 heteroatoms. The Hall–Kier alpha value is -2.55. The largest absolute Gasteiger partial charge is 0.294 e. The topological polar surface area (TPSA) is 37.8 Å². The lowest BCUT2D eigenvalue weighted by Crippen LogP contribution is -2.17. The minimum Gasteiger partial charge on any atom is -0.294 e. The van der Waals surface area contributed by atoms with Gasteiger partial charge in [-0.05, 0) is 12.0 Å². The molecule has 0 atom stereocenters. The molecule has 0 aliphatic rings. The molecule has 3 aromatic rings. The Labute approximate surface area is 123 Å². The van der Waals surface area contributed by atoms with Crippen LogP contribution in [0.25, 0.3) is 22.4 Å². The Bertz CT molecular complexity index is 770. The van der Waals surface area contributed by atoms with Gasteiger partial charge in [0.05, 0.1) is 11.3 Å². The summed E-state index contributed by atoms with van der Waals surface area (Å²) in [5, 5.41) is 3.27. The summed E-state index contributed by atoms with van der Waals surface area (Å²) in [6.07, 6.45) is 0.920. The normalized spacial score (nSPS) is 10.7. The number of benzene rings is 2. The molecule has 0 spiro atoms. The molecular weight excluding hydrogens is 260 g/mol. The summed E-state index contributed by atoms with van der Waals surface area (Å²) < 4.78 is 1.70. The monoisotopic (exact) mass is 278 g/mol. The minimum atomic E-state index is 0.0434. The van der Waals surface area contributed by atoms with Crippen LogP contribution < -0.4 is 5.56 Å². The van der Waals surface area contributed by atoms with Gasteiger partial charge in [-0.25, -0.2) is 0 Å². The Kier molecular flexibility index (Phi) is 3.73. The van der Waals surface area contributed by atoms with Crippen LogP contribution in [0.4, 0.5) is 0 Å². The van der Waals surface area contributed by atoms with Crippen LogP contribution in [0.3, 0.4) is 0 Å². The van der Waals surface area contributed by atoms with Gasteiger partial charge in [0, 0.05) is 12.1 Å². The van der Waals surface area contributed by atoms with E-state index in [-0.39, 0.29) is 5.56 Å². The molecule has 0 aliphatic carbocycles. The van der Waals surface area contributed by atoms with Crippen LogP contribution in [0.1, 0.15) is 13.3 Å². The van der Waals surface area contributed by atoms with E-state index in [9.17, 15) is 4.79 Å². The first-order valence-electron chi connectivity index (χ1n) is 7.25. The number of aryl methyl sites for hydroxylation is 1. The zero-order valence-electron chi connectivity index (χ0n) is 12.0. The van der Waals surface area contributed by atoms with Crippen LogP contribution in [-0.4, -0.2) is 9.78 Å². The van der Waals surface area contributed by atoms with Gasteiger partial charge < -0.3 is 0 Å². The number of nitrogens with zero attached hydrogens (tertiary/aromatic N) is 1. The van der Waals surface area contributed by atoms with Crippen molar-refractivity contribution in [2.45, 2.75) is 19.9 Å². The number of nitrogens with one attached hydrogen (secondary N) is 1. The molecule has 0 amide bonds. The zero-order valence-corrected chi connectivity index (χ0v) is 12.0. The summed E-state index contributed by atoms with van der Waals surface area (Å²) in [7, 11) is 0. The van der Waals surface area contributed by atoms with Crippen molar-refractivity contribution in [3.05, 3.63) is 71.0 Å². The van der Waals surface area contributed by atoms with Crippen molar-refractivity contribution >= 4 is 0 Å². The fourth-order valence-electron chi connectivity index (χ4n) is 2.55. The van der Waals surface area contributed by atoms with Crippen LogP contribution in [0.15, 0.2) is 65.5 Å². The van der Waals surface area contributed by atoms with Gasteiger partial charge in [-0.2, -0.15) is 0 Å². The number of hydrogen-bond acceptors (Lipinski definition) is 1. The zero-order chi connectivity index (χ0) is 14.7. The van der Waals surface area contributed by atoms with Gasteiger partial charge in [-0.3, -0.25) is 14.6 Å². The van der Waals surface area contributed by atoms with Gasteiger partial charge in [-0.1, -0.05) is 67.6 Å². The van der Waals surface area contributed by atoms with E-state index in [1.54, 1.807) is 4.68 Å². The summed E-state index contributed by atoms with van der Waals surface area (Å²) >= 11 is 0. The Morgan fingerprint density at radius 3 is 2.05 bits per heavy atom. The van der Waals surface area contributed by atoms with E-state index < -0.39 is 0 Å². The predicted molar refractivity (Wildman–Crippen MR) is 86.2 cm³/mol. The van der Waals surface area contributed by atoms with Crippen LogP contribution >= 0.6 is 0 Å². The van der Waals surface area contributed by atoms with Crippen molar-refractivity contribution in [2.75, 3.05) is 0 Å². The second-order valence-electron chi connectivity index (χ2n) is 5.05. The van der Waals surface area contributed by atoms with Gasteiger partial charge in [0.15, 0.2) is 0 Å². The van der Waals surface area contributed by atoms with Gasteiger partial charge in [-0.15, -0.1) is 0 Å². The van der Waals surface area contributed by atoms with E-state index in [4.69, 9.17) is 0 Å². The number of rotatable bonds is 4. The molecule has 0 radical (unpaired) electrons. The SMILES string of the molecule is CCCn1[nH]c(-c2ccccc2)c(-c2ccccc2)c1=O. The average Bonchev–Trinajstić information content (AvgIpc) is 2.86. The second kappa shape index (κ2) is 5.83. The van der Waals surface area contributed by atoms with Crippen LogP contribution in [-0.2, 0) is 6.54 Å². The summed E-state index contributed by atoms with van der Waals surface area (Å²) in [5.74, 6) is 0. The van der Waals surface area contributed by atoms with E-state index in [0.29, 0.717) is 6.54 Å². The molecule has 1 heterocycles. The summed E-state index contributed by atoms with van der Waals surface area (Å²) in [6.45, 7) is 2.77. The van der Waals surface area contributed by atoms with Gasteiger partial charge in [0.1, 0.15) is 0 Å². The van der Waals surface area contributed by atoms with Crippen molar-refractivity contribution in [2.24, 2.45) is 0 Å². The van der Waals surface area contributed by atoms with E-state index in [0.717, 1.165) is 28.8 Å². The molecule has 21 heavy (non-hydrogen) atoms. The first-order valence-corrected chi connectivity index (χ1v) is 7.25. The number of aromatic nitrogens is 2. The molecule has 0 saturated heterocycles. The number of H-pyrrole nitrogens is 1. The lowest BCUT2D eigenvalue weighted by Gasteiger charge is -2.02. The summed E-state index contributed by atoms with van der Waals surface area (Å²) in [6, 6.07) is 19.8. The maximum Gasteiger partial charge on any atom is 0.274 e. The van der Waals surface area contributed by atoms with Crippen molar-refractivity contribution in [1.29, 1.82) is 0 Å². The predicted octanol–water partition coefficient (Wildman–Crippen LogP) is 3.92. The molecule has 0 unspecified atom stereocenters. The smallest absolute Gasteiger partial charge is 0.274 e. The second-order valence-corrected chi connectivity index (χ2v) is 5.05. The molecule has 0 fully saturated rings. The molecule has 1 aromatic heterocycles. The molecule has 3 nitrogen and oxygen atoms in total. The molecule has 3 rings (SSSR count). The van der Waals surface area contributed by atoms with E-state index >= 15 is 0 Å². The highest BCUT2D eigenvalue weighted by molar-refractivity contribution is 5.80. The lowest BCUT2D eigenvalue weighted by atomic mass is 10.0. The molecule has 1 N–H and O–H groups in total. The molecule has 2 aromatic carbocycles. The van der Waals surface area contributed by atoms with Gasteiger partial charge in [0.25, 0.3) is 5.56 Å². The summed E-state index contributed by atoms with van der Waals surface area (Å²) in [4.78, 5) is 12.7. The maximum atomic E-state index is 12.7. The van der Waals surface area contributed by atoms with Crippen LogP contribution in [0.5, 0.6) is 0 Å². The van der Waals surface area contributed by atoms with Crippen LogP contribution in [0, 0.1) is 0 Å². The standard InChI is InChI=1S/C18H18N2O/c1-2-13-20-18(21)16(14-9-5-3-6-10-14)17(19-20)15-11-7-4-8-12-15/h3-12,19H,2,13H2,1H3. The van der Waals surface area contributed by atoms with Crippen molar-refractivity contribution in [1.82, 2.24) is 9.78 Å². The third kappa shape index (κ3) is 2.55. The van der Waals surface area contributed by atoms with Gasteiger partial charge in [0.2, 0.25) is 0 Å². The maximum absolute atomic E-state index is 12.7. The highest BCUT2D eigenvalue weighted by atomic mass is 16.1. The van der Waals surface area contributed by atoms with Crippen molar-refractivity contribution in [3.8, 4) is 22.4 Å². The van der Waals surface area contributed by atoms with E-state index in [1.807, 2.05) is 60.7 Å². The first-order chi connectivity index (χ1) is 10.3. The van der Waals surface area contributed by atoms with E-state index in [1.165, 1.54) is 0 Å². The Morgan fingerprint density at radius 1 is 0.905 bits per heavy atom. The first kappa shape index (κ1) is 13.4. The Balaban J connectivity index is 2.24. The third-order valence-electron chi connectivity index (χ3n) is 3.53. The highest BCUT2D eigenvalue weighted by Crippen LogP contribution is 2.27. The van der Waals surface area contributed by atoms with E-state index in [2.05, 4.69) is 12.0 Å². The average molecular weight is 278 g/mol. The Morgan fingerprint density at radius 2 is 1.48 bits per heavy atom. The van der Waals surface area contributed by atoms with Crippen molar-refractivity contribution in [3.63, 3.8) is 0 Å². The van der Waals surface area contributed by atoms with Crippen molar-refractivity contribution < 1.29 is 0 Å². The molecule has 0 saturated carbocycles. The minimum absolute atomic E-state index is 0.0434. The third-order valence-corrected chi connectivity index (χ3v) is 3.53. The molecule has 0 bridgehead atoms. The number of aromatic amines is 1.